The van der Waals surface area contributed by atoms with E-state index < -0.39 is 11.5 Å². The van der Waals surface area contributed by atoms with Crippen molar-refractivity contribution in [2.75, 3.05) is 16.4 Å². The predicted octanol–water partition coefficient (Wildman–Crippen LogP) is 2.18. The zero-order valence-electron chi connectivity index (χ0n) is 15.7. The molecule has 3 aromatic rings. The first-order valence-electron chi connectivity index (χ1n) is 8.65. The van der Waals surface area contributed by atoms with Gasteiger partial charge in [0.15, 0.2) is 5.16 Å². The first-order chi connectivity index (χ1) is 14.0. The summed E-state index contributed by atoms with van der Waals surface area (Å²) in [7, 11) is 1.51. The molecule has 1 aromatic carbocycles. The van der Waals surface area contributed by atoms with E-state index in [-0.39, 0.29) is 17.2 Å². The summed E-state index contributed by atoms with van der Waals surface area (Å²) in [6.07, 6.45) is 1.97. The van der Waals surface area contributed by atoms with E-state index in [2.05, 4.69) is 25.8 Å². The topological polar surface area (TPSA) is 119 Å². The smallest absolute Gasteiger partial charge is 0.266 e. The van der Waals surface area contributed by atoms with Gasteiger partial charge in [-0.25, -0.2) is 4.98 Å². The molecule has 0 radical (unpaired) electrons. The van der Waals surface area contributed by atoms with Crippen LogP contribution in [0.3, 0.4) is 0 Å². The highest BCUT2D eigenvalue weighted by Crippen LogP contribution is 2.17. The second kappa shape index (κ2) is 9.43. The van der Waals surface area contributed by atoms with Crippen LogP contribution in [-0.2, 0) is 18.3 Å². The first-order valence-corrected chi connectivity index (χ1v) is 10.5. The van der Waals surface area contributed by atoms with Gasteiger partial charge in [-0.05, 0) is 18.6 Å². The lowest BCUT2D eigenvalue weighted by molar-refractivity contribution is -0.113. The van der Waals surface area contributed by atoms with E-state index in [4.69, 9.17) is 0 Å². The summed E-state index contributed by atoms with van der Waals surface area (Å²) in [6, 6.07) is 8.83. The number of aromatic nitrogens is 4. The number of aryl methyl sites for hydroxylation is 1. The third-order valence-corrected chi connectivity index (χ3v) is 5.78. The van der Waals surface area contributed by atoms with Crippen LogP contribution in [0.2, 0.25) is 0 Å². The molecule has 0 aliphatic rings. The van der Waals surface area contributed by atoms with Gasteiger partial charge in [0, 0.05) is 18.9 Å². The Morgan fingerprint density at radius 2 is 1.93 bits per heavy atom. The highest BCUT2D eigenvalue weighted by molar-refractivity contribution is 7.99. The van der Waals surface area contributed by atoms with Crippen LogP contribution in [0.25, 0.3) is 0 Å². The SMILES string of the molecule is CCc1nnc(NC(=O)CSc2ncc(C(=O)Nc3ccccc3)c(=O)n2C)s1. The van der Waals surface area contributed by atoms with Crippen molar-refractivity contribution in [2.45, 2.75) is 18.5 Å². The molecule has 0 aliphatic carbocycles. The fraction of sp³-hybridized carbons (Fsp3) is 0.222. The van der Waals surface area contributed by atoms with Gasteiger partial charge in [-0.15, -0.1) is 10.2 Å². The molecule has 3 rings (SSSR count). The van der Waals surface area contributed by atoms with Crippen molar-refractivity contribution >= 4 is 45.7 Å². The molecule has 0 spiro atoms. The average molecular weight is 431 g/mol. The molecule has 0 saturated heterocycles. The molecule has 150 valence electrons. The van der Waals surface area contributed by atoms with Crippen molar-refractivity contribution in [2.24, 2.45) is 7.05 Å². The Hall–Kier alpha value is -3.05. The molecular formula is C18H18N6O3S2. The molecule has 9 nitrogen and oxygen atoms in total. The Morgan fingerprint density at radius 1 is 1.17 bits per heavy atom. The van der Waals surface area contributed by atoms with Crippen LogP contribution in [0.5, 0.6) is 0 Å². The number of carbonyl (C=O) groups excluding carboxylic acids is 2. The summed E-state index contributed by atoms with van der Waals surface area (Å²) in [6.45, 7) is 1.96. The Kier molecular flexibility index (Phi) is 6.73. The molecule has 2 N–H and O–H groups in total. The van der Waals surface area contributed by atoms with Gasteiger partial charge in [-0.3, -0.25) is 24.3 Å². The highest BCUT2D eigenvalue weighted by Gasteiger charge is 2.16. The Balaban J connectivity index is 1.63. The van der Waals surface area contributed by atoms with E-state index in [0.717, 1.165) is 23.2 Å². The number of benzene rings is 1. The van der Waals surface area contributed by atoms with Crippen molar-refractivity contribution in [1.82, 2.24) is 19.7 Å². The van der Waals surface area contributed by atoms with Gasteiger partial charge >= 0.3 is 0 Å². The summed E-state index contributed by atoms with van der Waals surface area (Å²) < 4.78 is 1.25. The maximum absolute atomic E-state index is 12.5. The van der Waals surface area contributed by atoms with E-state index in [1.54, 1.807) is 24.3 Å². The van der Waals surface area contributed by atoms with Crippen LogP contribution in [0.1, 0.15) is 22.3 Å². The number of hydrogen-bond donors (Lipinski definition) is 2. The van der Waals surface area contributed by atoms with Crippen molar-refractivity contribution in [3.8, 4) is 0 Å². The van der Waals surface area contributed by atoms with Gasteiger partial charge in [0.05, 0.1) is 5.75 Å². The minimum absolute atomic E-state index is 0.0386. The molecule has 29 heavy (non-hydrogen) atoms. The summed E-state index contributed by atoms with van der Waals surface area (Å²) in [5, 5.41) is 14.7. The molecule has 0 aliphatic heterocycles. The summed E-state index contributed by atoms with van der Waals surface area (Å²) in [5.74, 6) is -0.785. The third kappa shape index (κ3) is 5.27. The Bertz CT molecular complexity index is 1080. The molecule has 0 atom stereocenters. The van der Waals surface area contributed by atoms with Gasteiger partial charge < -0.3 is 5.32 Å². The van der Waals surface area contributed by atoms with Crippen LogP contribution in [0.15, 0.2) is 46.5 Å². The minimum Gasteiger partial charge on any atom is -0.322 e. The van der Waals surface area contributed by atoms with E-state index >= 15 is 0 Å². The third-order valence-electron chi connectivity index (χ3n) is 3.75. The zero-order valence-corrected chi connectivity index (χ0v) is 17.3. The number of para-hydroxylation sites is 1. The summed E-state index contributed by atoms with van der Waals surface area (Å²) >= 11 is 2.41. The Labute approximate surface area is 174 Å². The average Bonchev–Trinajstić information content (AvgIpc) is 3.17. The molecule has 0 bridgehead atoms. The van der Waals surface area contributed by atoms with E-state index in [1.807, 2.05) is 13.0 Å². The second-order valence-electron chi connectivity index (χ2n) is 5.83. The number of carbonyl (C=O) groups is 2. The summed E-state index contributed by atoms with van der Waals surface area (Å²) in [4.78, 5) is 41.1. The quantitative estimate of drug-likeness (QED) is 0.435. The van der Waals surface area contributed by atoms with Crippen LogP contribution < -0.4 is 16.2 Å². The fourth-order valence-electron chi connectivity index (χ4n) is 2.27. The first kappa shape index (κ1) is 20.7. The molecule has 0 saturated carbocycles. The van der Waals surface area contributed by atoms with Gasteiger partial charge in [0.2, 0.25) is 11.0 Å². The highest BCUT2D eigenvalue weighted by atomic mass is 32.2. The number of rotatable bonds is 7. The van der Waals surface area contributed by atoms with Gasteiger partial charge in [0.1, 0.15) is 10.6 Å². The molecule has 2 heterocycles. The van der Waals surface area contributed by atoms with Crippen molar-refractivity contribution in [1.29, 1.82) is 0 Å². The van der Waals surface area contributed by atoms with E-state index in [9.17, 15) is 14.4 Å². The Morgan fingerprint density at radius 3 is 2.62 bits per heavy atom. The predicted molar refractivity (Wildman–Crippen MR) is 113 cm³/mol. The normalized spacial score (nSPS) is 10.6. The maximum atomic E-state index is 12.5. The fourth-order valence-corrected chi connectivity index (χ4v) is 3.70. The summed E-state index contributed by atoms with van der Waals surface area (Å²) in [5.41, 5.74) is 0.0109. The zero-order chi connectivity index (χ0) is 20.8. The molecule has 2 amide bonds. The van der Waals surface area contributed by atoms with E-state index in [1.165, 1.54) is 29.1 Å². The number of amides is 2. The molecule has 2 aromatic heterocycles. The van der Waals surface area contributed by atoms with Crippen molar-refractivity contribution in [3.63, 3.8) is 0 Å². The number of anilines is 2. The number of nitrogens with one attached hydrogen (secondary N) is 2. The minimum atomic E-state index is -0.540. The molecule has 0 fully saturated rings. The largest absolute Gasteiger partial charge is 0.322 e. The van der Waals surface area contributed by atoms with Crippen LogP contribution in [-0.4, -0.2) is 37.3 Å². The maximum Gasteiger partial charge on any atom is 0.266 e. The van der Waals surface area contributed by atoms with E-state index in [0.29, 0.717) is 16.0 Å². The van der Waals surface area contributed by atoms with Crippen molar-refractivity contribution in [3.05, 3.63) is 57.5 Å². The molecular weight excluding hydrogens is 412 g/mol. The second-order valence-corrected chi connectivity index (χ2v) is 7.83. The van der Waals surface area contributed by atoms with Crippen LogP contribution in [0, 0.1) is 0 Å². The lowest BCUT2D eigenvalue weighted by Gasteiger charge is -2.09. The van der Waals surface area contributed by atoms with Gasteiger partial charge in [0.25, 0.3) is 11.5 Å². The van der Waals surface area contributed by atoms with Gasteiger partial charge in [-0.2, -0.15) is 0 Å². The standard InChI is InChI=1S/C18H18N6O3S2/c1-3-14-22-23-17(29-14)21-13(25)10-28-18-19-9-12(16(27)24(18)2)15(26)20-11-7-5-4-6-8-11/h4-9H,3,10H2,1-2H3,(H,20,26)(H,21,23,25). The number of thioether (sulfide) groups is 1. The lowest BCUT2D eigenvalue weighted by Crippen LogP contribution is -2.29. The van der Waals surface area contributed by atoms with Gasteiger partial charge in [-0.1, -0.05) is 48.2 Å². The van der Waals surface area contributed by atoms with Crippen LogP contribution in [0.4, 0.5) is 10.8 Å². The molecule has 0 unspecified atom stereocenters. The van der Waals surface area contributed by atoms with Crippen LogP contribution >= 0.6 is 23.1 Å². The molecule has 11 heteroatoms. The number of hydrogen-bond acceptors (Lipinski definition) is 8. The number of nitrogens with zero attached hydrogens (tertiary/aromatic N) is 4. The van der Waals surface area contributed by atoms with Crippen molar-refractivity contribution < 1.29 is 9.59 Å². The lowest BCUT2D eigenvalue weighted by atomic mass is 10.2. The monoisotopic (exact) mass is 430 g/mol.